The summed E-state index contributed by atoms with van der Waals surface area (Å²) >= 11 is 0. The van der Waals surface area contributed by atoms with Crippen LogP contribution in [0.25, 0.3) is 0 Å². The second-order valence-corrected chi connectivity index (χ2v) is 6.62. The number of hydrogen-bond donors (Lipinski definition) is 1. The number of nitrogens with one attached hydrogen (secondary N) is 1. The van der Waals surface area contributed by atoms with Gasteiger partial charge in [-0.3, -0.25) is 9.59 Å². The van der Waals surface area contributed by atoms with Gasteiger partial charge in [-0.2, -0.15) is 13.2 Å². The van der Waals surface area contributed by atoms with Gasteiger partial charge in [0.15, 0.2) is 6.61 Å². The molecule has 1 aliphatic heterocycles. The maximum Gasteiger partial charge on any atom is 0.406 e. The zero-order valence-corrected chi connectivity index (χ0v) is 15.3. The minimum atomic E-state index is -4.66. The molecule has 0 spiro atoms. The highest BCUT2D eigenvalue weighted by molar-refractivity contribution is 5.99. The van der Waals surface area contributed by atoms with E-state index in [-0.39, 0.29) is 11.3 Å². The molecule has 148 valence electrons. The zero-order valence-electron chi connectivity index (χ0n) is 15.3. The summed E-state index contributed by atoms with van der Waals surface area (Å²) in [4.78, 5) is 26.0. The number of carbonyl (C=O) groups is 2. The standard InChI is InChI=1S/C20H19F3N2O3/c1-12-6-5-7-13(2)17(12)24-19(27)18-14-8-3-4-9-15(14)28-10-16(26)25(18)11-20(21,22)23/h3-9,18H,10-11H2,1-2H3,(H,24,27). The first-order chi connectivity index (χ1) is 13.2. The van der Waals surface area contributed by atoms with Gasteiger partial charge in [-0.15, -0.1) is 0 Å². The lowest BCUT2D eigenvalue weighted by molar-refractivity contribution is -0.168. The average Bonchev–Trinajstić information content (AvgIpc) is 2.74. The Morgan fingerprint density at radius 2 is 1.79 bits per heavy atom. The largest absolute Gasteiger partial charge is 0.483 e. The van der Waals surface area contributed by atoms with Crippen molar-refractivity contribution in [2.45, 2.75) is 26.1 Å². The van der Waals surface area contributed by atoms with Gasteiger partial charge >= 0.3 is 6.18 Å². The molecule has 1 atom stereocenters. The first kappa shape index (κ1) is 19.7. The highest BCUT2D eigenvalue weighted by Gasteiger charge is 2.42. The summed E-state index contributed by atoms with van der Waals surface area (Å²) in [6.45, 7) is 1.45. The molecule has 2 aromatic rings. The molecule has 0 radical (unpaired) electrons. The highest BCUT2D eigenvalue weighted by Crippen LogP contribution is 2.35. The third-order valence-corrected chi connectivity index (χ3v) is 4.52. The maximum atomic E-state index is 13.1. The van der Waals surface area contributed by atoms with E-state index in [2.05, 4.69) is 5.32 Å². The van der Waals surface area contributed by atoms with Gasteiger partial charge in [-0.25, -0.2) is 0 Å². The van der Waals surface area contributed by atoms with Crippen molar-refractivity contribution in [3.63, 3.8) is 0 Å². The molecule has 0 saturated carbocycles. The summed E-state index contributed by atoms with van der Waals surface area (Å²) in [5.41, 5.74) is 2.25. The molecule has 5 nitrogen and oxygen atoms in total. The second kappa shape index (κ2) is 7.53. The van der Waals surface area contributed by atoms with E-state index in [1.165, 1.54) is 12.1 Å². The number of para-hydroxylation sites is 2. The molecule has 0 aromatic heterocycles. The molecule has 28 heavy (non-hydrogen) atoms. The monoisotopic (exact) mass is 392 g/mol. The van der Waals surface area contributed by atoms with Crippen LogP contribution in [-0.2, 0) is 9.59 Å². The Bertz CT molecular complexity index is 892. The minimum absolute atomic E-state index is 0.210. The Hall–Kier alpha value is -3.03. The normalized spacial score (nSPS) is 16.8. The summed E-state index contributed by atoms with van der Waals surface area (Å²) in [5, 5.41) is 2.70. The molecule has 0 saturated heterocycles. The second-order valence-electron chi connectivity index (χ2n) is 6.62. The number of amides is 2. The van der Waals surface area contributed by atoms with Crippen molar-refractivity contribution in [2.24, 2.45) is 0 Å². The number of hydrogen-bond acceptors (Lipinski definition) is 3. The van der Waals surface area contributed by atoms with Crippen LogP contribution in [-0.4, -0.2) is 36.0 Å². The number of rotatable bonds is 3. The van der Waals surface area contributed by atoms with Crippen molar-refractivity contribution in [3.8, 4) is 5.75 Å². The van der Waals surface area contributed by atoms with Crippen LogP contribution in [0, 0.1) is 13.8 Å². The Balaban J connectivity index is 2.05. The van der Waals surface area contributed by atoms with Crippen LogP contribution in [0.3, 0.4) is 0 Å². The third kappa shape index (κ3) is 4.11. The highest BCUT2D eigenvalue weighted by atomic mass is 19.4. The van der Waals surface area contributed by atoms with Gasteiger partial charge in [0, 0.05) is 11.3 Å². The smallest absolute Gasteiger partial charge is 0.406 e. The van der Waals surface area contributed by atoms with E-state index in [9.17, 15) is 22.8 Å². The van der Waals surface area contributed by atoms with Gasteiger partial charge in [0.1, 0.15) is 18.3 Å². The molecule has 0 fully saturated rings. The van der Waals surface area contributed by atoms with Crippen molar-refractivity contribution in [3.05, 3.63) is 59.2 Å². The summed E-state index contributed by atoms with van der Waals surface area (Å²) in [6, 6.07) is 10.1. The van der Waals surface area contributed by atoms with Crippen LogP contribution < -0.4 is 10.1 Å². The predicted octanol–water partition coefficient (Wildman–Crippen LogP) is 3.77. The molecule has 3 rings (SSSR count). The first-order valence-corrected chi connectivity index (χ1v) is 8.62. The van der Waals surface area contributed by atoms with Crippen LogP contribution >= 0.6 is 0 Å². The molecule has 1 N–H and O–H groups in total. The number of aryl methyl sites for hydroxylation is 2. The van der Waals surface area contributed by atoms with Gasteiger partial charge in [0.25, 0.3) is 11.8 Å². The van der Waals surface area contributed by atoms with E-state index in [1.807, 2.05) is 6.07 Å². The first-order valence-electron chi connectivity index (χ1n) is 8.62. The summed E-state index contributed by atoms with van der Waals surface area (Å²) in [6.07, 6.45) is -4.66. The van der Waals surface area contributed by atoms with E-state index >= 15 is 0 Å². The lowest BCUT2D eigenvalue weighted by Gasteiger charge is -2.30. The number of carbonyl (C=O) groups excluding carboxylic acids is 2. The molecule has 1 heterocycles. The number of halogens is 3. The zero-order chi connectivity index (χ0) is 20.5. The average molecular weight is 392 g/mol. The van der Waals surface area contributed by atoms with Crippen LogP contribution in [0.15, 0.2) is 42.5 Å². The number of alkyl halides is 3. The van der Waals surface area contributed by atoms with Gasteiger partial charge in [-0.1, -0.05) is 36.4 Å². The van der Waals surface area contributed by atoms with Crippen LogP contribution in [0.2, 0.25) is 0 Å². The summed E-state index contributed by atoms with van der Waals surface area (Å²) in [5.74, 6) is -1.43. The SMILES string of the molecule is Cc1cccc(C)c1NC(=O)C1c2ccccc2OCC(=O)N1CC(F)(F)F. The molecule has 2 amide bonds. The Morgan fingerprint density at radius 1 is 1.14 bits per heavy atom. The fourth-order valence-corrected chi connectivity index (χ4v) is 3.23. The van der Waals surface area contributed by atoms with Crippen LogP contribution in [0.5, 0.6) is 5.75 Å². The van der Waals surface area contributed by atoms with E-state index < -0.39 is 37.2 Å². The number of fused-ring (bicyclic) bond motifs is 1. The van der Waals surface area contributed by atoms with Crippen molar-refractivity contribution < 1.29 is 27.5 Å². The fraction of sp³-hybridized carbons (Fsp3) is 0.300. The Kier molecular flexibility index (Phi) is 5.31. The van der Waals surface area contributed by atoms with E-state index in [1.54, 1.807) is 38.1 Å². The summed E-state index contributed by atoms with van der Waals surface area (Å²) in [7, 11) is 0. The van der Waals surface area contributed by atoms with Gasteiger partial charge < -0.3 is 15.0 Å². The number of nitrogens with zero attached hydrogens (tertiary/aromatic N) is 1. The molecule has 1 unspecified atom stereocenters. The van der Waals surface area contributed by atoms with Gasteiger partial charge in [-0.05, 0) is 31.0 Å². The van der Waals surface area contributed by atoms with Crippen LogP contribution in [0.4, 0.5) is 18.9 Å². The minimum Gasteiger partial charge on any atom is -0.483 e. The molecule has 0 bridgehead atoms. The van der Waals surface area contributed by atoms with Crippen molar-refractivity contribution >= 4 is 17.5 Å². The molecular formula is C20H19F3N2O3. The Labute approximate surface area is 160 Å². The molecule has 2 aromatic carbocycles. The van der Waals surface area contributed by atoms with Gasteiger partial charge in [0.2, 0.25) is 0 Å². The predicted molar refractivity (Wildman–Crippen MR) is 97.0 cm³/mol. The van der Waals surface area contributed by atoms with E-state index in [0.717, 1.165) is 11.1 Å². The number of benzene rings is 2. The fourth-order valence-electron chi connectivity index (χ4n) is 3.23. The van der Waals surface area contributed by atoms with Gasteiger partial charge in [0.05, 0.1) is 0 Å². The van der Waals surface area contributed by atoms with Crippen LogP contribution in [0.1, 0.15) is 22.7 Å². The van der Waals surface area contributed by atoms with Crippen molar-refractivity contribution in [1.29, 1.82) is 0 Å². The quantitative estimate of drug-likeness (QED) is 0.865. The van der Waals surface area contributed by atoms with Crippen molar-refractivity contribution in [2.75, 3.05) is 18.5 Å². The Morgan fingerprint density at radius 3 is 2.43 bits per heavy atom. The summed E-state index contributed by atoms with van der Waals surface area (Å²) < 4.78 is 44.8. The van der Waals surface area contributed by atoms with E-state index in [0.29, 0.717) is 10.6 Å². The number of anilines is 1. The third-order valence-electron chi connectivity index (χ3n) is 4.52. The topological polar surface area (TPSA) is 58.6 Å². The molecule has 8 heteroatoms. The lowest BCUT2D eigenvalue weighted by Crippen LogP contribution is -2.46. The van der Waals surface area contributed by atoms with E-state index in [4.69, 9.17) is 4.74 Å². The van der Waals surface area contributed by atoms with Crippen molar-refractivity contribution in [1.82, 2.24) is 4.90 Å². The molecular weight excluding hydrogens is 373 g/mol. The molecule has 0 aliphatic carbocycles. The lowest BCUT2D eigenvalue weighted by atomic mass is 10.0. The molecule has 1 aliphatic rings. The number of ether oxygens (including phenoxy) is 1. The maximum absolute atomic E-state index is 13.1.